The molecule has 0 fully saturated rings. The lowest BCUT2D eigenvalue weighted by molar-refractivity contribution is 0.471. The van der Waals surface area contributed by atoms with E-state index in [0.717, 1.165) is 9.86 Å². The summed E-state index contributed by atoms with van der Waals surface area (Å²) in [5, 5.41) is 10.8. The molecular formula is C16H9Br2NO3. The number of halogens is 2. The molecule has 6 heteroatoms. The van der Waals surface area contributed by atoms with E-state index in [2.05, 4.69) is 36.9 Å². The maximum atomic E-state index is 11.9. The molecule has 0 amide bonds. The molecule has 0 spiro atoms. The minimum atomic E-state index is -0.525. The van der Waals surface area contributed by atoms with Crippen molar-refractivity contribution in [3.05, 3.63) is 67.4 Å². The Kier molecular flexibility index (Phi) is 4.13. The number of nitrogens with zero attached hydrogens (tertiary/aromatic N) is 1. The van der Waals surface area contributed by atoms with E-state index in [-0.39, 0.29) is 11.4 Å². The first-order valence-electron chi connectivity index (χ1n) is 6.29. The summed E-state index contributed by atoms with van der Waals surface area (Å²) in [5.74, 6) is 0.0529. The fraction of sp³-hybridized carbons (Fsp3) is 0. The van der Waals surface area contributed by atoms with Gasteiger partial charge in [0.15, 0.2) is 0 Å². The van der Waals surface area contributed by atoms with Gasteiger partial charge >= 0.3 is 5.63 Å². The molecule has 0 aliphatic carbocycles. The third-order valence-corrected chi connectivity index (χ3v) is 4.09. The van der Waals surface area contributed by atoms with Crippen LogP contribution in [0.25, 0.3) is 11.0 Å². The van der Waals surface area contributed by atoms with Crippen molar-refractivity contribution in [3.8, 4) is 5.75 Å². The molecule has 1 aromatic heterocycles. The third kappa shape index (κ3) is 2.98. The largest absolute Gasteiger partial charge is 0.506 e. The molecule has 2 aromatic carbocycles. The summed E-state index contributed by atoms with van der Waals surface area (Å²) in [6, 6.07) is 12.3. The zero-order chi connectivity index (χ0) is 15.7. The summed E-state index contributed by atoms with van der Waals surface area (Å²) in [6.45, 7) is 0. The van der Waals surface area contributed by atoms with Crippen molar-refractivity contribution in [2.75, 3.05) is 0 Å². The van der Waals surface area contributed by atoms with Gasteiger partial charge in [-0.05, 0) is 40.2 Å². The Morgan fingerprint density at radius 1 is 1.14 bits per heavy atom. The lowest BCUT2D eigenvalue weighted by Crippen LogP contribution is -1.98. The quantitative estimate of drug-likeness (QED) is 0.477. The van der Waals surface area contributed by atoms with Crippen LogP contribution in [-0.4, -0.2) is 11.3 Å². The van der Waals surface area contributed by atoms with Gasteiger partial charge in [-0.15, -0.1) is 0 Å². The highest BCUT2D eigenvalue weighted by atomic mass is 79.9. The molecule has 0 saturated heterocycles. The molecular weight excluding hydrogens is 414 g/mol. The fourth-order valence-corrected chi connectivity index (χ4v) is 3.22. The average molecular weight is 423 g/mol. The molecule has 3 aromatic rings. The summed E-state index contributed by atoms with van der Waals surface area (Å²) in [6.07, 6.45) is 1.42. The Labute approximate surface area is 142 Å². The van der Waals surface area contributed by atoms with Crippen LogP contribution >= 0.6 is 31.9 Å². The SMILES string of the molecule is O=c1oc2ccccc2cc1N=Cc1cc(Br)cc(Br)c1O. The van der Waals surface area contributed by atoms with Crippen molar-refractivity contribution >= 4 is 54.7 Å². The van der Waals surface area contributed by atoms with Gasteiger partial charge in [0.05, 0.1) is 4.47 Å². The molecule has 0 aliphatic rings. The lowest BCUT2D eigenvalue weighted by Gasteiger charge is -2.02. The highest BCUT2D eigenvalue weighted by Gasteiger charge is 2.07. The number of rotatable bonds is 2. The first kappa shape index (κ1) is 15.0. The van der Waals surface area contributed by atoms with Crippen LogP contribution in [0.15, 0.2) is 65.6 Å². The summed E-state index contributed by atoms with van der Waals surface area (Å²) >= 11 is 6.59. The smallest absolute Gasteiger partial charge is 0.362 e. The van der Waals surface area contributed by atoms with Crippen LogP contribution < -0.4 is 5.63 Å². The van der Waals surface area contributed by atoms with Gasteiger partial charge in [-0.25, -0.2) is 9.79 Å². The van der Waals surface area contributed by atoms with Crippen molar-refractivity contribution in [1.82, 2.24) is 0 Å². The third-order valence-electron chi connectivity index (χ3n) is 3.02. The van der Waals surface area contributed by atoms with E-state index in [1.807, 2.05) is 12.1 Å². The van der Waals surface area contributed by atoms with E-state index in [9.17, 15) is 9.90 Å². The summed E-state index contributed by atoms with van der Waals surface area (Å²) in [4.78, 5) is 16.0. The minimum absolute atomic E-state index is 0.0529. The molecule has 1 N–H and O–H groups in total. The minimum Gasteiger partial charge on any atom is -0.506 e. The Balaban J connectivity index is 2.06. The molecule has 0 bridgehead atoms. The van der Waals surface area contributed by atoms with Crippen molar-refractivity contribution in [1.29, 1.82) is 0 Å². The van der Waals surface area contributed by atoms with Gasteiger partial charge < -0.3 is 9.52 Å². The second-order valence-electron chi connectivity index (χ2n) is 4.54. The van der Waals surface area contributed by atoms with Gasteiger partial charge in [0.1, 0.15) is 17.0 Å². The van der Waals surface area contributed by atoms with E-state index in [0.29, 0.717) is 15.6 Å². The van der Waals surface area contributed by atoms with Gasteiger partial charge in [0.2, 0.25) is 0 Å². The van der Waals surface area contributed by atoms with Gasteiger partial charge in [-0.3, -0.25) is 0 Å². The maximum absolute atomic E-state index is 11.9. The number of fused-ring (bicyclic) bond motifs is 1. The van der Waals surface area contributed by atoms with Gasteiger partial charge in [-0.2, -0.15) is 0 Å². The summed E-state index contributed by atoms with van der Waals surface area (Å²) in [7, 11) is 0. The van der Waals surface area contributed by atoms with E-state index in [1.54, 1.807) is 30.3 Å². The number of hydrogen-bond donors (Lipinski definition) is 1. The summed E-state index contributed by atoms with van der Waals surface area (Å²) < 4.78 is 6.53. The first-order valence-corrected chi connectivity index (χ1v) is 7.88. The average Bonchev–Trinajstić information content (AvgIpc) is 2.49. The normalized spacial score (nSPS) is 11.4. The van der Waals surface area contributed by atoms with Gasteiger partial charge in [0.25, 0.3) is 0 Å². The van der Waals surface area contributed by atoms with Crippen LogP contribution in [0.5, 0.6) is 5.75 Å². The molecule has 0 aliphatic heterocycles. The van der Waals surface area contributed by atoms with Gasteiger partial charge in [-0.1, -0.05) is 34.1 Å². The molecule has 22 heavy (non-hydrogen) atoms. The zero-order valence-corrected chi connectivity index (χ0v) is 14.3. The molecule has 0 atom stereocenters. The Morgan fingerprint density at radius 2 is 1.91 bits per heavy atom. The van der Waals surface area contributed by atoms with E-state index < -0.39 is 5.63 Å². The van der Waals surface area contributed by atoms with Crippen molar-refractivity contribution in [3.63, 3.8) is 0 Å². The molecule has 3 rings (SSSR count). The first-order chi connectivity index (χ1) is 10.5. The number of phenolic OH excluding ortho intramolecular Hbond substituents is 1. The predicted molar refractivity (Wildman–Crippen MR) is 93.2 cm³/mol. The Bertz CT molecular complexity index is 948. The molecule has 110 valence electrons. The fourth-order valence-electron chi connectivity index (χ4n) is 1.96. The van der Waals surface area contributed by atoms with Crippen LogP contribution in [0.2, 0.25) is 0 Å². The second kappa shape index (κ2) is 6.06. The monoisotopic (exact) mass is 421 g/mol. The number of benzene rings is 2. The zero-order valence-electron chi connectivity index (χ0n) is 11.1. The Morgan fingerprint density at radius 3 is 2.73 bits per heavy atom. The lowest BCUT2D eigenvalue weighted by atomic mass is 10.2. The van der Waals surface area contributed by atoms with E-state index in [4.69, 9.17) is 4.42 Å². The second-order valence-corrected chi connectivity index (χ2v) is 6.31. The predicted octanol–water partition coefficient (Wildman–Crippen LogP) is 4.77. The van der Waals surface area contributed by atoms with Crippen molar-refractivity contribution in [2.24, 2.45) is 4.99 Å². The van der Waals surface area contributed by atoms with Crippen molar-refractivity contribution in [2.45, 2.75) is 0 Å². The van der Waals surface area contributed by atoms with Gasteiger partial charge in [0, 0.05) is 21.6 Å². The van der Waals surface area contributed by atoms with Crippen LogP contribution in [0.4, 0.5) is 5.69 Å². The molecule has 0 unspecified atom stereocenters. The van der Waals surface area contributed by atoms with Crippen molar-refractivity contribution < 1.29 is 9.52 Å². The standard InChI is InChI=1S/C16H9Br2NO3/c17-11-5-10(15(20)12(18)7-11)8-19-13-6-9-3-1-2-4-14(9)22-16(13)21/h1-8,20H. The maximum Gasteiger partial charge on any atom is 0.362 e. The molecule has 0 radical (unpaired) electrons. The van der Waals surface area contributed by atoms with E-state index >= 15 is 0 Å². The Hall–Kier alpha value is -1.92. The number of hydrogen-bond acceptors (Lipinski definition) is 4. The highest BCUT2D eigenvalue weighted by molar-refractivity contribution is 9.11. The topological polar surface area (TPSA) is 62.8 Å². The number of aliphatic imine (C=N–C) groups is 1. The van der Waals surface area contributed by atoms with E-state index in [1.165, 1.54) is 6.21 Å². The summed E-state index contributed by atoms with van der Waals surface area (Å²) in [5.41, 5.74) is 0.644. The van der Waals surface area contributed by atoms with Crippen LogP contribution in [-0.2, 0) is 0 Å². The number of para-hydroxylation sites is 1. The highest BCUT2D eigenvalue weighted by Crippen LogP contribution is 2.31. The van der Waals surface area contributed by atoms with Crippen LogP contribution in [0.1, 0.15) is 5.56 Å². The number of aromatic hydroxyl groups is 1. The van der Waals surface area contributed by atoms with Crippen LogP contribution in [0, 0.1) is 0 Å². The molecule has 0 saturated carbocycles. The molecule has 4 nitrogen and oxygen atoms in total. The molecule has 1 heterocycles. The number of phenols is 1. The van der Waals surface area contributed by atoms with Crippen LogP contribution in [0.3, 0.4) is 0 Å².